The molecule has 0 fully saturated rings. The summed E-state index contributed by atoms with van der Waals surface area (Å²) in [7, 11) is 0. The zero-order valence-electron chi connectivity index (χ0n) is 14.3. The van der Waals surface area contributed by atoms with E-state index in [9.17, 15) is 18.0 Å². The van der Waals surface area contributed by atoms with E-state index in [0.717, 1.165) is 17.7 Å². The topological polar surface area (TPSA) is 65.2 Å². The molecule has 2 aromatic carbocycles. The Morgan fingerprint density at radius 2 is 1.79 bits per heavy atom. The van der Waals surface area contributed by atoms with Crippen molar-refractivity contribution < 1.29 is 22.7 Å². The Kier molecular flexibility index (Phi) is 5.56. The summed E-state index contributed by atoms with van der Waals surface area (Å²) in [6.07, 6.45) is -2.81. The first-order chi connectivity index (χ1) is 13.2. The number of pyridine rings is 1. The summed E-state index contributed by atoms with van der Waals surface area (Å²) < 4.78 is 43.3. The molecular weight excluding hydrogens is 393 g/mol. The van der Waals surface area contributed by atoms with Crippen LogP contribution in [0.4, 0.5) is 13.2 Å². The van der Waals surface area contributed by atoms with Crippen LogP contribution in [0.1, 0.15) is 21.5 Å². The van der Waals surface area contributed by atoms with Crippen LogP contribution < -0.4 is 10.5 Å². The van der Waals surface area contributed by atoms with Gasteiger partial charge in [-0.25, -0.2) is 0 Å². The molecule has 3 aromatic rings. The van der Waals surface area contributed by atoms with E-state index in [0.29, 0.717) is 17.0 Å². The summed E-state index contributed by atoms with van der Waals surface area (Å²) in [4.78, 5) is 15.5. The molecule has 0 unspecified atom stereocenters. The number of nitrogens with zero attached hydrogens (tertiary/aromatic N) is 1. The Hall–Kier alpha value is -3.06. The van der Waals surface area contributed by atoms with Crippen molar-refractivity contribution in [1.29, 1.82) is 0 Å². The average molecular weight is 407 g/mol. The average Bonchev–Trinajstić information content (AvgIpc) is 2.66. The van der Waals surface area contributed by atoms with E-state index in [4.69, 9.17) is 22.1 Å². The lowest BCUT2D eigenvalue weighted by molar-refractivity contribution is -0.137. The van der Waals surface area contributed by atoms with Crippen molar-refractivity contribution in [2.45, 2.75) is 12.8 Å². The molecule has 1 heterocycles. The van der Waals surface area contributed by atoms with Crippen molar-refractivity contribution in [2.24, 2.45) is 5.73 Å². The van der Waals surface area contributed by atoms with Gasteiger partial charge in [0.1, 0.15) is 12.4 Å². The summed E-state index contributed by atoms with van der Waals surface area (Å²) in [6, 6.07) is 12.8. The molecule has 0 saturated carbocycles. The standard InChI is InChI=1S/C20H14ClF3N2O2/c21-17-10-13(1-6-16(17)19(25)27)18-9-12(7-8-26-18)11-28-15-4-2-14(3-5-15)20(22,23)24/h1-10H,11H2,(H2,25,27). The Bertz CT molecular complexity index is 1010. The fraction of sp³-hybridized carbons (Fsp3) is 0.100. The van der Waals surface area contributed by atoms with Crippen molar-refractivity contribution >= 4 is 17.5 Å². The number of carbonyl (C=O) groups is 1. The highest BCUT2D eigenvalue weighted by Gasteiger charge is 2.30. The predicted molar refractivity (Wildman–Crippen MR) is 99.0 cm³/mol. The number of aromatic nitrogens is 1. The number of halogens is 4. The molecule has 0 atom stereocenters. The quantitative estimate of drug-likeness (QED) is 0.641. The minimum Gasteiger partial charge on any atom is -0.489 e. The summed E-state index contributed by atoms with van der Waals surface area (Å²) in [5.74, 6) is -0.302. The summed E-state index contributed by atoms with van der Waals surface area (Å²) in [5.41, 5.74) is 6.77. The second kappa shape index (κ2) is 7.90. The maximum absolute atomic E-state index is 12.6. The first-order valence-corrected chi connectivity index (χ1v) is 8.46. The van der Waals surface area contributed by atoms with Gasteiger partial charge in [0.25, 0.3) is 0 Å². The van der Waals surface area contributed by atoms with Gasteiger partial charge >= 0.3 is 6.18 Å². The largest absolute Gasteiger partial charge is 0.489 e. The van der Waals surface area contributed by atoms with Crippen LogP contribution in [0.2, 0.25) is 5.02 Å². The van der Waals surface area contributed by atoms with Crippen LogP contribution in [-0.4, -0.2) is 10.9 Å². The van der Waals surface area contributed by atoms with Gasteiger partial charge in [0.05, 0.1) is 21.8 Å². The van der Waals surface area contributed by atoms with Crippen LogP contribution in [0.5, 0.6) is 5.75 Å². The van der Waals surface area contributed by atoms with E-state index in [1.165, 1.54) is 18.2 Å². The predicted octanol–water partition coefficient (Wildman–Crippen LogP) is 5.10. The Labute approximate surface area is 163 Å². The summed E-state index contributed by atoms with van der Waals surface area (Å²) >= 11 is 6.07. The number of amides is 1. The van der Waals surface area contributed by atoms with Gasteiger partial charge in [0, 0.05) is 11.8 Å². The van der Waals surface area contributed by atoms with Crippen LogP contribution >= 0.6 is 11.6 Å². The molecule has 0 aliphatic carbocycles. The molecule has 0 bridgehead atoms. The zero-order chi connectivity index (χ0) is 20.3. The molecule has 28 heavy (non-hydrogen) atoms. The number of hydrogen-bond donors (Lipinski definition) is 1. The van der Waals surface area contributed by atoms with Crippen molar-refractivity contribution in [1.82, 2.24) is 4.98 Å². The number of rotatable bonds is 5. The normalized spacial score (nSPS) is 11.3. The monoisotopic (exact) mass is 406 g/mol. The molecule has 8 heteroatoms. The fourth-order valence-electron chi connectivity index (χ4n) is 2.50. The maximum atomic E-state index is 12.6. The second-order valence-electron chi connectivity index (χ2n) is 5.92. The van der Waals surface area contributed by atoms with Crippen molar-refractivity contribution in [3.63, 3.8) is 0 Å². The molecule has 0 spiro atoms. The molecule has 1 aromatic heterocycles. The van der Waals surface area contributed by atoms with Crippen LogP contribution in [0.25, 0.3) is 11.3 Å². The number of carbonyl (C=O) groups excluding carboxylic acids is 1. The SMILES string of the molecule is NC(=O)c1ccc(-c2cc(COc3ccc(C(F)(F)F)cc3)ccn2)cc1Cl. The van der Waals surface area contributed by atoms with E-state index in [1.54, 1.807) is 30.5 Å². The summed E-state index contributed by atoms with van der Waals surface area (Å²) in [5, 5.41) is 0.221. The molecule has 3 rings (SSSR count). The van der Waals surface area contributed by atoms with Gasteiger partial charge in [-0.3, -0.25) is 9.78 Å². The highest BCUT2D eigenvalue weighted by atomic mass is 35.5. The Morgan fingerprint density at radius 3 is 2.39 bits per heavy atom. The van der Waals surface area contributed by atoms with Crippen LogP contribution in [-0.2, 0) is 12.8 Å². The molecule has 144 valence electrons. The van der Waals surface area contributed by atoms with Crippen LogP contribution in [0.3, 0.4) is 0 Å². The van der Waals surface area contributed by atoms with E-state index >= 15 is 0 Å². The number of ether oxygens (including phenoxy) is 1. The molecule has 4 nitrogen and oxygen atoms in total. The molecule has 0 aliphatic rings. The highest BCUT2D eigenvalue weighted by molar-refractivity contribution is 6.34. The molecule has 0 saturated heterocycles. The van der Waals surface area contributed by atoms with Gasteiger partial charge in [0.15, 0.2) is 0 Å². The summed E-state index contributed by atoms with van der Waals surface area (Å²) in [6.45, 7) is 0.147. The molecular formula is C20H14ClF3N2O2. The van der Waals surface area contributed by atoms with Crippen molar-refractivity contribution in [2.75, 3.05) is 0 Å². The number of alkyl halides is 3. The van der Waals surface area contributed by atoms with Crippen molar-refractivity contribution in [3.05, 3.63) is 82.5 Å². The zero-order valence-corrected chi connectivity index (χ0v) is 15.1. The van der Waals surface area contributed by atoms with Gasteiger partial charge < -0.3 is 10.5 Å². The molecule has 1 amide bonds. The van der Waals surface area contributed by atoms with Gasteiger partial charge in [-0.1, -0.05) is 17.7 Å². The Balaban J connectivity index is 1.73. The smallest absolute Gasteiger partial charge is 0.416 e. The minimum atomic E-state index is -4.39. The third-order valence-corrected chi connectivity index (χ3v) is 4.25. The van der Waals surface area contributed by atoms with Crippen molar-refractivity contribution in [3.8, 4) is 17.0 Å². The lowest BCUT2D eigenvalue weighted by Gasteiger charge is -2.10. The van der Waals surface area contributed by atoms with Gasteiger partial charge in [0.2, 0.25) is 5.91 Å². The lowest BCUT2D eigenvalue weighted by Crippen LogP contribution is -2.11. The molecule has 2 N–H and O–H groups in total. The lowest BCUT2D eigenvalue weighted by atomic mass is 10.1. The minimum absolute atomic E-state index is 0.147. The number of benzene rings is 2. The number of nitrogens with two attached hydrogens (primary N) is 1. The van der Waals surface area contributed by atoms with E-state index in [-0.39, 0.29) is 17.2 Å². The highest BCUT2D eigenvalue weighted by Crippen LogP contribution is 2.30. The third-order valence-electron chi connectivity index (χ3n) is 3.94. The second-order valence-corrected chi connectivity index (χ2v) is 6.33. The van der Waals surface area contributed by atoms with Gasteiger partial charge in [-0.2, -0.15) is 13.2 Å². The van der Waals surface area contributed by atoms with E-state index < -0.39 is 17.6 Å². The first-order valence-electron chi connectivity index (χ1n) is 8.09. The number of primary amides is 1. The van der Waals surface area contributed by atoms with Gasteiger partial charge in [-0.05, 0) is 54.1 Å². The van der Waals surface area contributed by atoms with Crippen LogP contribution in [0.15, 0.2) is 60.8 Å². The van der Waals surface area contributed by atoms with Gasteiger partial charge in [-0.15, -0.1) is 0 Å². The fourth-order valence-corrected chi connectivity index (χ4v) is 2.78. The van der Waals surface area contributed by atoms with Crippen LogP contribution in [0, 0.1) is 0 Å². The number of hydrogen-bond acceptors (Lipinski definition) is 3. The molecule has 0 aliphatic heterocycles. The van der Waals surface area contributed by atoms with E-state index in [2.05, 4.69) is 4.98 Å². The maximum Gasteiger partial charge on any atom is 0.416 e. The van der Waals surface area contributed by atoms with E-state index in [1.807, 2.05) is 0 Å². The molecule has 0 radical (unpaired) electrons. The first kappa shape index (κ1) is 19.7. The Morgan fingerprint density at radius 1 is 1.07 bits per heavy atom. The third kappa shape index (κ3) is 4.61.